The summed E-state index contributed by atoms with van der Waals surface area (Å²) in [6.45, 7) is 1.93. The van der Waals surface area contributed by atoms with E-state index in [2.05, 4.69) is 5.32 Å². The molecule has 4 rings (SSSR count). The van der Waals surface area contributed by atoms with Crippen molar-refractivity contribution in [2.45, 2.75) is 31.8 Å². The molecule has 3 amide bonds. The quantitative estimate of drug-likeness (QED) is 0.844. The lowest BCUT2D eigenvalue weighted by atomic mass is 10.0. The van der Waals surface area contributed by atoms with Crippen LogP contribution in [0.2, 0.25) is 0 Å². The predicted octanol–water partition coefficient (Wildman–Crippen LogP) is 1.64. The zero-order valence-corrected chi connectivity index (χ0v) is 15.5. The van der Waals surface area contributed by atoms with E-state index in [1.807, 2.05) is 6.07 Å². The molecule has 148 valence electrons. The van der Waals surface area contributed by atoms with E-state index >= 15 is 0 Å². The van der Waals surface area contributed by atoms with Gasteiger partial charge in [-0.1, -0.05) is 0 Å². The third kappa shape index (κ3) is 3.95. The number of carbonyl (C=O) groups is 3. The minimum atomic E-state index is -0.342. The second kappa shape index (κ2) is 7.92. The highest BCUT2D eigenvalue weighted by Gasteiger charge is 2.36. The highest BCUT2D eigenvalue weighted by atomic mass is 16.3. The van der Waals surface area contributed by atoms with Crippen LogP contribution in [0.5, 0.6) is 0 Å². The van der Waals surface area contributed by atoms with Crippen molar-refractivity contribution < 1.29 is 23.2 Å². The molecule has 0 aromatic carbocycles. The molecule has 0 aliphatic carbocycles. The summed E-state index contributed by atoms with van der Waals surface area (Å²) in [5, 5.41) is 3.05. The van der Waals surface area contributed by atoms with Crippen molar-refractivity contribution >= 4 is 17.7 Å². The lowest BCUT2D eigenvalue weighted by Crippen LogP contribution is -2.48. The van der Waals surface area contributed by atoms with Gasteiger partial charge in [0.15, 0.2) is 5.76 Å². The maximum Gasteiger partial charge on any atom is 0.289 e. The molecule has 0 spiro atoms. The molecule has 0 unspecified atom stereocenters. The van der Waals surface area contributed by atoms with Crippen LogP contribution in [0.1, 0.15) is 35.6 Å². The maximum absolute atomic E-state index is 12.6. The largest absolute Gasteiger partial charge is 0.467 e. The van der Waals surface area contributed by atoms with Crippen LogP contribution in [0.3, 0.4) is 0 Å². The van der Waals surface area contributed by atoms with Crippen molar-refractivity contribution in [1.29, 1.82) is 0 Å². The molecule has 2 aliphatic heterocycles. The fourth-order valence-corrected chi connectivity index (χ4v) is 3.79. The van der Waals surface area contributed by atoms with Gasteiger partial charge in [-0.3, -0.25) is 14.4 Å². The zero-order chi connectivity index (χ0) is 19.5. The summed E-state index contributed by atoms with van der Waals surface area (Å²) in [6.07, 6.45) is 4.66. The number of likely N-dealkylation sites (tertiary alicyclic amines) is 2. The molecule has 2 fully saturated rings. The monoisotopic (exact) mass is 385 g/mol. The second-order valence-corrected chi connectivity index (χ2v) is 7.31. The van der Waals surface area contributed by atoms with E-state index in [-0.39, 0.29) is 36.1 Å². The van der Waals surface area contributed by atoms with Gasteiger partial charge < -0.3 is 24.0 Å². The molecular weight excluding hydrogens is 362 g/mol. The third-order valence-electron chi connectivity index (χ3n) is 5.37. The second-order valence-electron chi connectivity index (χ2n) is 7.31. The van der Waals surface area contributed by atoms with Crippen LogP contribution in [-0.4, -0.2) is 53.2 Å². The fourth-order valence-electron chi connectivity index (χ4n) is 3.79. The number of rotatable bonds is 5. The lowest BCUT2D eigenvalue weighted by Gasteiger charge is -2.32. The van der Waals surface area contributed by atoms with Gasteiger partial charge in [0.05, 0.1) is 25.0 Å². The first-order valence-corrected chi connectivity index (χ1v) is 9.53. The average molecular weight is 385 g/mol. The number of piperidine rings is 1. The molecule has 1 atom stereocenters. The Bertz CT molecular complexity index is 822. The van der Waals surface area contributed by atoms with Gasteiger partial charge in [-0.2, -0.15) is 0 Å². The smallest absolute Gasteiger partial charge is 0.289 e. The molecule has 2 aromatic rings. The van der Waals surface area contributed by atoms with Crippen molar-refractivity contribution in [2.75, 3.05) is 19.6 Å². The highest BCUT2D eigenvalue weighted by Crippen LogP contribution is 2.22. The molecule has 2 aromatic heterocycles. The Morgan fingerprint density at radius 2 is 1.86 bits per heavy atom. The first kappa shape index (κ1) is 18.3. The molecule has 8 heteroatoms. The summed E-state index contributed by atoms with van der Waals surface area (Å²) >= 11 is 0. The van der Waals surface area contributed by atoms with Crippen LogP contribution < -0.4 is 5.32 Å². The summed E-state index contributed by atoms with van der Waals surface area (Å²) in [5.41, 5.74) is 0. The van der Waals surface area contributed by atoms with Crippen LogP contribution in [-0.2, 0) is 16.1 Å². The molecule has 8 nitrogen and oxygen atoms in total. The van der Waals surface area contributed by atoms with E-state index in [0.717, 1.165) is 0 Å². The Morgan fingerprint density at radius 1 is 1.11 bits per heavy atom. The summed E-state index contributed by atoms with van der Waals surface area (Å²) in [5.74, 6) is 0.461. The molecule has 0 saturated carbocycles. The molecule has 28 heavy (non-hydrogen) atoms. The first-order chi connectivity index (χ1) is 13.6. The van der Waals surface area contributed by atoms with Gasteiger partial charge >= 0.3 is 0 Å². The van der Waals surface area contributed by atoms with Crippen molar-refractivity contribution in [3.8, 4) is 0 Å². The Balaban J connectivity index is 1.24. The minimum absolute atomic E-state index is 0.0161. The van der Waals surface area contributed by atoms with Gasteiger partial charge in [-0.25, -0.2) is 0 Å². The number of furan rings is 2. The first-order valence-electron chi connectivity index (χ1n) is 9.53. The van der Waals surface area contributed by atoms with Crippen molar-refractivity contribution in [3.05, 3.63) is 48.3 Å². The van der Waals surface area contributed by atoms with Gasteiger partial charge in [0.2, 0.25) is 11.8 Å². The molecule has 0 radical (unpaired) electrons. The van der Waals surface area contributed by atoms with Crippen LogP contribution in [0.15, 0.2) is 45.6 Å². The van der Waals surface area contributed by atoms with Gasteiger partial charge in [0.1, 0.15) is 5.76 Å². The zero-order valence-electron chi connectivity index (χ0n) is 15.5. The summed E-state index contributed by atoms with van der Waals surface area (Å²) in [6, 6.07) is 6.96. The van der Waals surface area contributed by atoms with E-state index in [4.69, 9.17) is 8.83 Å². The van der Waals surface area contributed by atoms with Crippen molar-refractivity contribution in [3.63, 3.8) is 0 Å². The van der Waals surface area contributed by atoms with Gasteiger partial charge in [-0.05, 0) is 37.1 Å². The SMILES string of the molecule is O=C(NC1CCN(C(=O)c2ccco2)CC1)[C@@H]1CC(=O)N(Cc2ccco2)C1. The molecule has 1 N–H and O–H groups in total. The van der Waals surface area contributed by atoms with Crippen molar-refractivity contribution in [1.82, 2.24) is 15.1 Å². The standard InChI is InChI=1S/C20H23N3O5/c24-18-11-14(12-23(18)13-16-3-1-9-27-16)19(25)21-15-5-7-22(8-6-15)20(26)17-4-2-10-28-17/h1-4,9-10,14-15H,5-8,11-13H2,(H,21,25)/t14-/m1/s1. The summed E-state index contributed by atoms with van der Waals surface area (Å²) in [7, 11) is 0. The number of nitrogens with zero attached hydrogens (tertiary/aromatic N) is 2. The van der Waals surface area contributed by atoms with Gasteiger partial charge in [0.25, 0.3) is 5.91 Å². The van der Waals surface area contributed by atoms with E-state index in [1.165, 1.54) is 6.26 Å². The van der Waals surface area contributed by atoms with Gasteiger partial charge in [-0.15, -0.1) is 0 Å². The van der Waals surface area contributed by atoms with Crippen LogP contribution in [0.25, 0.3) is 0 Å². The maximum atomic E-state index is 12.6. The van der Waals surface area contributed by atoms with E-state index < -0.39 is 0 Å². The van der Waals surface area contributed by atoms with Gasteiger partial charge in [0, 0.05) is 32.1 Å². The third-order valence-corrected chi connectivity index (χ3v) is 5.37. The minimum Gasteiger partial charge on any atom is -0.467 e. The van der Waals surface area contributed by atoms with Crippen LogP contribution >= 0.6 is 0 Å². The Hall–Kier alpha value is -3.03. The topological polar surface area (TPSA) is 96.0 Å². The van der Waals surface area contributed by atoms with Crippen LogP contribution in [0.4, 0.5) is 0 Å². The molecule has 2 saturated heterocycles. The molecular formula is C20H23N3O5. The van der Waals surface area contributed by atoms with E-state index in [9.17, 15) is 14.4 Å². The number of hydrogen-bond acceptors (Lipinski definition) is 5. The summed E-state index contributed by atoms with van der Waals surface area (Å²) in [4.78, 5) is 40.5. The van der Waals surface area contributed by atoms with Crippen molar-refractivity contribution in [2.24, 2.45) is 5.92 Å². The van der Waals surface area contributed by atoms with E-state index in [0.29, 0.717) is 50.5 Å². The fraction of sp³-hybridized carbons (Fsp3) is 0.450. The number of nitrogens with one attached hydrogen (secondary N) is 1. The Labute approximate surface area is 162 Å². The Kier molecular flexibility index (Phi) is 5.18. The number of carbonyl (C=O) groups excluding carboxylic acids is 3. The number of amides is 3. The van der Waals surface area contributed by atoms with E-state index in [1.54, 1.807) is 34.3 Å². The lowest BCUT2D eigenvalue weighted by molar-refractivity contribution is -0.129. The van der Waals surface area contributed by atoms with Crippen LogP contribution in [0, 0.1) is 5.92 Å². The molecule has 2 aliphatic rings. The summed E-state index contributed by atoms with van der Waals surface area (Å²) < 4.78 is 10.4. The number of hydrogen-bond donors (Lipinski definition) is 1. The normalized spacial score (nSPS) is 20.6. The Morgan fingerprint density at radius 3 is 2.54 bits per heavy atom. The average Bonchev–Trinajstić information content (AvgIpc) is 3.45. The predicted molar refractivity (Wildman–Crippen MR) is 98.0 cm³/mol. The molecule has 4 heterocycles. The highest BCUT2D eigenvalue weighted by molar-refractivity contribution is 5.91. The molecule has 0 bridgehead atoms.